The number of tetrazole rings is 1. The van der Waals surface area contributed by atoms with Gasteiger partial charge in [0, 0.05) is 20.1 Å². The van der Waals surface area contributed by atoms with E-state index in [1.165, 1.54) is 11.8 Å². The first-order valence-electron chi connectivity index (χ1n) is 7.06. The summed E-state index contributed by atoms with van der Waals surface area (Å²) in [6.07, 6.45) is 0. The van der Waals surface area contributed by atoms with Crippen LogP contribution in [0.25, 0.3) is 0 Å². The van der Waals surface area contributed by atoms with Gasteiger partial charge in [-0.05, 0) is 16.0 Å². The van der Waals surface area contributed by atoms with Gasteiger partial charge in [0.05, 0.1) is 13.2 Å². The Morgan fingerprint density at radius 3 is 2.64 bits per heavy atom. The van der Waals surface area contributed by atoms with Crippen molar-refractivity contribution in [2.75, 3.05) is 26.3 Å². The minimum Gasteiger partial charge on any atom is -0.378 e. The van der Waals surface area contributed by atoms with E-state index < -0.39 is 0 Å². The summed E-state index contributed by atoms with van der Waals surface area (Å²) in [6, 6.07) is 9.72. The first kappa shape index (κ1) is 15.0. The predicted molar refractivity (Wildman–Crippen MR) is 81.2 cm³/mol. The maximum Gasteiger partial charge on any atom is 0.240 e. The predicted octanol–water partition coefficient (Wildman–Crippen LogP) is 0.902. The molecule has 1 aliphatic heterocycles. The monoisotopic (exact) mass is 319 g/mol. The Hall–Kier alpha value is -1.93. The van der Waals surface area contributed by atoms with E-state index >= 15 is 0 Å². The van der Waals surface area contributed by atoms with Gasteiger partial charge in [0.2, 0.25) is 11.1 Å². The molecule has 0 spiro atoms. The van der Waals surface area contributed by atoms with Crippen LogP contribution < -0.4 is 0 Å². The van der Waals surface area contributed by atoms with Crippen LogP contribution in [0.5, 0.6) is 0 Å². The number of benzene rings is 1. The molecule has 2 aromatic rings. The van der Waals surface area contributed by atoms with E-state index in [9.17, 15) is 4.79 Å². The normalized spacial score (nSPS) is 16.5. The fraction of sp³-hybridized carbons (Fsp3) is 0.429. The maximum atomic E-state index is 12.9. The number of hydrogen-bond donors (Lipinski definition) is 0. The molecule has 0 bridgehead atoms. The van der Waals surface area contributed by atoms with Gasteiger partial charge >= 0.3 is 0 Å². The molecule has 7 nitrogen and oxygen atoms in total. The van der Waals surface area contributed by atoms with Crippen molar-refractivity contribution in [3.63, 3.8) is 0 Å². The summed E-state index contributed by atoms with van der Waals surface area (Å²) in [4.78, 5) is 14.8. The van der Waals surface area contributed by atoms with Gasteiger partial charge in [-0.1, -0.05) is 42.1 Å². The number of thioether (sulfide) groups is 1. The Morgan fingerprint density at radius 1 is 1.27 bits per heavy atom. The van der Waals surface area contributed by atoms with E-state index in [4.69, 9.17) is 4.74 Å². The molecule has 1 aliphatic rings. The third-order valence-corrected chi connectivity index (χ3v) is 4.72. The molecular weight excluding hydrogens is 302 g/mol. The Balaban J connectivity index is 1.85. The van der Waals surface area contributed by atoms with Gasteiger partial charge in [0.25, 0.3) is 0 Å². The molecule has 1 amide bonds. The minimum absolute atomic E-state index is 0.0718. The summed E-state index contributed by atoms with van der Waals surface area (Å²) < 4.78 is 6.90. The standard InChI is InChI=1S/C14H17N5O2S/c1-18-14(15-16-17-18)22-12(11-5-3-2-4-6-11)13(20)19-7-9-21-10-8-19/h2-6,12H,7-10H2,1H3/t12-/m1/s1. The zero-order valence-electron chi connectivity index (χ0n) is 12.3. The molecule has 1 aromatic carbocycles. The molecule has 0 aliphatic carbocycles. The molecule has 8 heteroatoms. The molecule has 116 valence electrons. The highest BCUT2D eigenvalue weighted by Crippen LogP contribution is 2.35. The number of aryl methyl sites for hydroxylation is 1. The van der Waals surface area contributed by atoms with Crippen LogP contribution in [-0.4, -0.2) is 57.3 Å². The molecule has 0 saturated carbocycles. The summed E-state index contributed by atoms with van der Waals surface area (Å²) in [6.45, 7) is 2.42. The summed E-state index contributed by atoms with van der Waals surface area (Å²) in [5.74, 6) is 0.0718. The summed E-state index contributed by atoms with van der Waals surface area (Å²) in [7, 11) is 1.77. The Bertz CT molecular complexity index is 627. The summed E-state index contributed by atoms with van der Waals surface area (Å²) in [5.41, 5.74) is 0.951. The lowest BCUT2D eigenvalue weighted by Gasteiger charge is -2.30. The van der Waals surface area contributed by atoms with E-state index in [-0.39, 0.29) is 11.2 Å². The lowest BCUT2D eigenvalue weighted by atomic mass is 10.1. The van der Waals surface area contributed by atoms with Crippen molar-refractivity contribution < 1.29 is 9.53 Å². The van der Waals surface area contributed by atoms with Gasteiger partial charge in [-0.15, -0.1) is 5.10 Å². The number of rotatable bonds is 4. The lowest BCUT2D eigenvalue weighted by molar-refractivity contribution is -0.134. The van der Waals surface area contributed by atoms with Crippen molar-refractivity contribution in [2.24, 2.45) is 7.05 Å². The number of hydrogen-bond acceptors (Lipinski definition) is 6. The van der Waals surface area contributed by atoms with Crippen LogP contribution in [0.4, 0.5) is 0 Å². The SMILES string of the molecule is Cn1nnnc1S[C@@H](C(=O)N1CCOCC1)c1ccccc1. The summed E-state index contributed by atoms with van der Waals surface area (Å²) >= 11 is 1.37. The molecule has 1 aromatic heterocycles. The molecule has 3 rings (SSSR count). The molecule has 1 saturated heterocycles. The Labute approximate surface area is 132 Å². The second kappa shape index (κ2) is 6.89. The van der Waals surface area contributed by atoms with Crippen LogP contribution >= 0.6 is 11.8 Å². The number of aromatic nitrogens is 4. The van der Waals surface area contributed by atoms with Crippen molar-refractivity contribution in [1.29, 1.82) is 0 Å². The van der Waals surface area contributed by atoms with E-state index in [2.05, 4.69) is 15.5 Å². The summed E-state index contributed by atoms with van der Waals surface area (Å²) in [5, 5.41) is 11.7. The van der Waals surface area contributed by atoms with Crippen LogP contribution in [0.3, 0.4) is 0 Å². The van der Waals surface area contributed by atoms with Gasteiger partial charge in [-0.25, -0.2) is 4.68 Å². The third-order valence-electron chi connectivity index (χ3n) is 3.45. The smallest absolute Gasteiger partial charge is 0.240 e. The second-order valence-corrected chi connectivity index (χ2v) is 6.00. The highest BCUT2D eigenvalue weighted by atomic mass is 32.2. The van der Waals surface area contributed by atoms with Gasteiger partial charge in [-0.3, -0.25) is 4.79 Å². The van der Waals surface area contributed by atoms with Crippen LogP contribution in [0, 0.1) is 0 Å². The maximum absolute atomic E-state index is 12.9. The molecular formula is C14H17N5O2S. The topological polar surface area (TPSA) is 73.1 Å². The van der Waals surface area contributed by atoms with E-state index in [1.807, 2.05) is 35.2 Å². The second-order valence-electron chi connectivity index (χ2n) is 4.93. The van der Waals surface area contributed by atoms with Crippen molar-refractivity contribution in [3.05, 3.63) is 35.9 Å². The van der Waals surface area contributed by atoms with Crippen molar-refractivity contribution in [3.8, 4) is 0 Å². The third kappa shape index (κ3) is 3.28. The van der Waals surface area contributed by atoms with Gasteiger partial charge in [0.15, 0.2) is 0 Å². The number of carbonyl (C=O) groups is 1. The average Bonchev–Trinajstić information content (AvgIpc) is 2.98. The van der Waals surface area contributed by atoms with Crippen LogP contribution in [0.1, 0.15) is 10.8 Å². The molecule has 1 fully saturated rings. The van der Waals surface area contributed by atoms with E-state index in [1.54, 1.807) is 11.7 Å². The Morgan fingerprint density at radius 2 is 2.00 bits per heavy atom. The average molecular weight is 319 g/mol. The van der Waals surface area contributed by atoms with Crippen LogP contribution in [-0.2, 0) is 16.6 Å². The van der Waals surface area contributed by atoms with Crippen molar-refractivity contribution in [1.82, 2.24) is 25.1 Å². The van der Waals surface area contributed by atoms with Crippen molar-refractivity contribution >= 4 is 17.7 Å². The van der Waals surface area contributed by atoms with Gasteiger partial charge in [0.1, 0.15) is 5.25 Å². The van der Waals surface area contributed by atoms with E-state index in [0.29, 0.717) is 31.5 Å². The molecule has 2 heterocycles. The van der Waals surface area contributed by atoms with Crippen LogP contribution in [0.2, 0.25) is 0 Å². The first-order valence-corrected chi connectivity index (χ1v) is 7.94. The quantitative estimate of drug-likeness (QED) is 0.780. The van der Waals surface area contributed by atoms with Gasteiger partial charge in [-0.2, -0.15) is 0 Å². The molecule has 0 N–H and O–H groups in total. The number of nitrogens with zero attached hydrogens (tertiary/aromatic N) is 5. The fourth-order valence-electron chi connectivity index (χ4n) is 2.26. The lowest BCUT2D eigenvalue weighted by Crippen LogP contribution is -2.42. The molecule has 22 heavy (non-hydrogen) atoms. The molecule has 0 radical (unpaired) electrons. The number of carbonyl (C=O) groups excluding carboxylic acids is 1. The highest BCUT2D eigenvalue weighted by Gasteiger charge is 2.29. The zero-order valence-corrected chi connectivity index (χ0v) is 13.1. The number of amides is 1. The van der Waals surface area contributed by atoms with Gasteiger partial charge < -0.3 is 9.64 Å². The number of morpholine rings is 1. The minimum atomic E-state index is -0.357. The molecule has 0 unspecified atom stereocenters. The molecule has 1 atom stereocenters. The Kier molecular flexibility index (Phi) is 4.69. The largest absolute Gasteiger partial charge is 0.378 e. The zero-order chi connectivity index (χ0) is 15.4. The highest BCUT2D eigenvalue weighted by molar-refractivity contribution is 8.00. The first-order chi connectivity index (χ1) is 10.8. The fourth-order valence-corrected chi connectivity index (χ4v) is 3.29. The van der Waals surface area contributed by atoms with Crippen molar-refractivity contribution in [2.45, 2.75) is 10.4 Å². The number of ether oxygens (including phenoxy) is 1. The van der Waals surface area contributed by atoms with E-state index in [0.717, 1.165) is 5.56 Å². The van der Waals surface area contributed by atoms with Crippen LogP contribution in [0.15, 0.2) is 35.5 Å².